The number of terminal acetylenes is 1. The third kappa shape index (κ3) is 1.55. The molecule has 15 heavy (non-hydrogen) atoms. The van der Waals surface area contributed by atoms with E-state index in [4.69, 9.17) is 6.42 Å². The van der Waals surface area contributed by atoms with Gasteiger partial charge in [0.1, 0.15) is 0 Å². The standard InChI is InChI=1S/C11H8N2O2/c1-2-7-4-3-5-8-10(7)13-9(14)6-12-11(8)15/h1,3-5H,6H2,(H,12,15)(H,13,14). The summed E-state index contributed by atoms with van der Waals surface area (Å²) < 4.78 is 0. The zero-order chi connectivity index (χ0) is 10.8. The van der Waals surface area contributed by atoms with Crippen LogP contribution in [0.4, 0.5) is 5.69 Å². The van der Waals surface area contributed by atoms with Gasteiger partial charge < -0.3 is 10.6 Å². The summed E-state index contributed by atoms with van der Waals surface area (Å²) in [5.74, 6) is 1.86. The summed E-state index contributed by atoms with van der Waals surface area (Å²) in [6.07, 6.45) is 5.28. The second-order valence-electron chi connectivity index (χ2n) is 3.10. The van der Waals surface area contributed by atoms with Gasteiger partial charge in [0.15, 0.2) is 0 Å². The van der Waals surface area contributed by atoms with E-state index in [2.05, 4.69) is 16.6 Å². The van der Waals surface area contributed by atoms with E-state index in [-0.39, 0.29) is 18.4 Å². The van der Waals surface area contributed by atoms with Crippen LogP contribution in [-0.4, -0.2) is 18.4 Å². The van der Waals surface area contributed by atoms with Crippen molar-refractivity contribution in [3.63, 3.8) is 0 Å². The van der Waals surface area contributed by atoms with Gasteiger partial charge >= 0.3 is 0 Å². The molecule has 0 spiro atoms. The van der Waals surface area contributed by atoms with Gasteiger partial charge in [-0.15, -0.1) is 6.42 Å². The fraction of sp³-hybridized carbons (Fsp3) is 0.0909. The van der Waals surface area contributed by atoms with Crippen LogP contribution in [0.15, 0.2) is 18.2 Å². The van der Waals surface area contributed by atoms with Crippen molar-refractivity contribution >= 4 is 17.5 Å². The molecular formula is C11H8N2O2. The summed E-state index contributed by atoms with van der Waals surface area (Å²) in [6, 6.07) is 4.99. The van der Waals surface area contributed by atoms with Gasteiger partial charge in [-0.1, -0.05) is 12.0 Å². The van der Waals surface area contributed by atoms with Crippen LogP contribution >= 0.6 is 0 Å². The topological polar surface area (TPSA) is 58.2 Å². The maximum atomic E-state index is 11.5. The van der Waals surface area contributed by atoms with Crippen molar-refractivity contribution in [2.24, 2.45) is 0 Å². The molecule has 2 rings (SSSR count). The van der Waals surface area contributed by atoms with Crippen LogP contribution in [-0.2, 0) is 4.79 Å². The molecular weight excluding hydrogens is 192 g/mol. The monoisotopic (exact) mass is 200 g/mol. The molecule has 1 heterocycles. The summed E-state index contributed by atoms with van der Waals surface area (Å²) in [5, 5.41) is 5.09. The first kappa shape index (κ1) is 9.28. The summed E-state index contributed by atoms with van der Waals surface area (Å²) in [7, 11) is 0. The molecule has 1 aliphatic heterocycles. The number of nitrogens with one attached hydrogen (secondary N) is 2. The second-order valence-corrected chi connectivity index (χ2v) is 3.10. The molecule has 0 atom stereocenters. The van der Waals surface area contributed by atoms with Crippen molar-refractivity contribution in [1.29, 1.82) is 0 Å². The molecule has 2 N–H and O–H groups in total. The van der Waals surface area contributed by atoms with E-state index in [9.17, 15) is 9.59 Å². The Hall–Kier alpha value is -2.28. The Morgan fingerprint density at radius 3 is 2.87 bits per heavy atom. The Bertz CT molecular complexity index is 486. The van der Waals surface area contributed by atoms with E-state index in [1.54, 1.807) is 18.2 Å². The van der Waals surface area contributed by atoms with E-state index < -0.39 is 0 Å². The van der Waals surface area contributed by atoms with Crippen LogP contribution in [0.25, 0.3) is 0 Å². The molecule has 4 heteroatoms. The number of benzene rings is 1. The molecule has 4 nitrogen and oxygen atoms in total. The van der Waals surface area contributed by atoms with Gasteiger partial charge in [-0.3, -0.25) is 9.59 Å². The Balaban J connectivity index is 2.62. The third-order valence-corrected chi connectivity index (χ3v) is 2.14. The van der Waals surface area contributed by atoms with Gasteiger partial charge in [-0.05, 0) is 12.1 Å². The molecule has 1 aromatic rings. The smallest absolute Gasteiger partial charge is 0.253 e. The first-order chi connectivity index (χ1) is 7.22. The maximum absolute atomic E-state index is 11.5. The van der Waals surface area contributed by atoms with Crippen molar-refractivity contribution < 1.29 is 9.59 Å². The molecule has 0 fully saturated rings. The minimum absolute atomic E-state index is 0.0302. The highest BCUT2D eigenvalue weighted by Crippen LogP contribution is 2.21. The Morgan fingerprint density at radius 2 is 2.13 bits per heavy atom. The minimum Gasteiger partial charge on any atom is -0.343 e. The summed E-state index contributed by atoms with van der Waals surface area (Å²) in [4.78, 5) is 22.8. The summed E-state index contributed by atoms with van der Waals surface area (Å²) >= 11 is 0. The number of anilines is 1. The normalized spacial score (nSPS) is 14.3. The highest BCUT2D eigenvalue weighted by atomic mass is 16.2. The summed E-state index contributed by atoms with van der Waals surface area (Å²) in [6.45, 7) is -0.0302. The van der Waals surface area contributed by atoms with Crippen LogP contribution < -0.4 is 10.6 Å². The van der Waals surface area contributed by atoms with Crippen LogP contribution in [0.5, 0.6) is 0 Å². The first-order valence-corrected chi connectivity index (χ1v) is 4.40. The zero-order valence-electron chi connectivity index (χ0n) is 7.83. The number of hydrogen-bond acceptors (Lipinski definition) is 2. The molecule has 74 valence electrons. The fourth-order valence-corrected chi connectivity index (χ4v) is 1.44. The summed E-state index contributed by atoms with van der Waals surface area (Å²) in [5.41, 5.74) is 1.33. The van der Waals surface area contributed by atoms with Gasteiger partial charge in [-0.2, -0.15) is 0 Å². The first-order valence-electron chi connectivity index (χ1n) is 4.40. The average molecular weight is 200 g/mol. The van der Waals surface area contributed by atoms with Crippen LogP contribution in [0.3, 0.4) is 0 Å². The van der Waals surface area contributed by atoms with Gasteiger partial charge in [0.05, 0.1) is 17.8 Å². The molecule has 0 aliphatic carbocycles. The van der Waals surface area contributed by atoms with Crippen LogP contribution in [0.2, 0.25) is 0 Å². The zero-order valence-corrected chi connectivity index (χ0v) is 7.83. The molecule has 0 bridgehead atoms. The van der Waals surface area contributed by atoms with Crippen molar-refractivity contribution in [2.45, 2.75) is 0 Å². The number of amides is 2. The van der Waals surface area contributed by atoms with Crippen molar-refractivity contribution in [3.8, 4) is 12.3 Å². The van der Waals surface area contributed by atoms with Gasteiger partial charge in [0.25, 0.3) is 5.91 Å². The van der Waals surface area contributed by atoms with E-state index in [0.29, 0.717) is 16.8 Å². The number of carbonyl (C=O) groups excluding carboxylic acids is 2. The lowest BCUT2D eigenvalue weighted by molar-refractivity contribution is -0.115. The lowest BCUT2D eigenvalue weighted by Crippen LogP contribution is -2.28. The Kier molecular flexibility index (Phi) is 2.14. The third-order valence-electron chi connectivity index (χ3n) is 2.14. The number of hydrogen-bond donors (Lipinski definition) is 2. The largest absolute Gasteiger partial charge is 0.343 e. The molecule has 0 aromatic heterocycles. The SMILES string of the molecule is C#Cc1cccc2c1NC(=O)CNC2=O. The number of carbonyl (C=O) groups is 2. The second kappa shape index (κ2) is 3.46. The average Bonchev–Trinajstić information content (AvgIpc) is 2.39. The van der Waals surface area contributed by atoms with E-state index in [1.165, 1.54) is 0 Å². The molecule has 2 amide bonds. The molecule has 1 aromatic carbocycles. The van der Waals surface area contributed by atoms with E-state index in [0.717, 1.165) is 0 Å². The van der Waals surface area contributed by atoms with Gasteiger partial charge in [0.2, 0.25) is 5.91 Å². The molecule has 0 saturated heterocycles. The number of fused-ring (bicyclic) bond motifs is 1. The van der Waals surface area contributed by atoms with Crippen LogP contribution in [0.1, 0.15) is 15.9 Å². The minimum atomic E-state index is -0.291. The van der Waals surface area contributed by atoms with Gasteiger partial charge in [0, 0.05) is 5.56 Å². The van der Waals surface area contributed by atoms with Crippen molar-refractivity contribution in [1.82, 2.24) is 5.32 Å². The van der Waals surface area contributed by atoms with E-state index in [1.807, 2.05) is 0 Å². The number of rotatable bonds is 0. The van der Waals surface area contributed by atoms with Gasteiger partial charge in [-0.25, -0.2) is 0 Å². The molecule has 0 radical (unpaired) electrons. The lowest BCUT2D eigenvalue weighted by atomic mass is 10.1. The lowest BCUT2D eigenvalue weighted by Gasteiger charge is -2.06. The maximum Gasteiger partial charge on any atom is 0.253 e. The Labute approximate surface area is 86.7 Å². The Morgan fingerprint density at radius 1 is 1.33 bits per heavy atom. The van der Waals surface area contributed by atoms with Crippen LogP contribution in [0, 0.1) is 12.3 Å². The molecule has 0 saturated carbocycles. The highest BCUT2D eigenvalue weighted by Gasteiger charge is 2.20. The fourth-order valence-electron chi connectivity index (χ4n) is 1.44. The predicted molar refractivity (Wildman–Crippen MR) is 55.3 cm³/mol. The highest BCUT2D eigenvalue weighted by molar-refractivity contribution is 6.09. The van der Waals surface area contributed by atoms with Crippen molar-refractivity contribution in [2.75, 3.05) is 11.9 Å². The number of para-hydroxylation sites is 1. The quantitative estimate of drug-likeness (QED) is 0.594. The predicted octanol–water partition coefficient (Wildman–Crippen LogP) is 0.350. The van der Waals surface area contributed by atoms with E-state index >= 15 is 0 Å². The van der Waals surface area contributed by atoms with Crippen molar-refractivity contribution in [3.05, 3.63) is 29.3 Å². The molecule has 0 unspecified atom stereocenters. The molecule has 1 aliphatic rings.